The minimum atomic E-state index is -4.21. The van der Waals surface area contributed by atoms with Gasteiger partial charge in [-0.25, -0.2) is 4.98 Å². The average Bonchev–Trinajstić information content (AvgIpc) is 2.34. The lowest BCUT2D eigenvalue weighted by atomic mass is 10.3. The standard InChI is InChI=1S/C12H16Cl2F3N3/c1-3-5-18-10-8(13)7-9(14)11(19-10)20(2)6-4-12(15,16)17/h7H,3-6H2,1-2H3,(H,18,19). The Hall–Kier alpha value is -0.880. The molecule has 1 N–H and O–H groups in total. The smallest absolute Gasteiger partial charge is 0.369 e. The SMILES string of the molecule is CCCNc1nc(N(C)CCC(F)(F)F)c(Cl)cc1Cl. The summed E-state index contributed by atoms with van der Waals surface area (Å²) in [5, 5.41) is 3.57. The molecule has 20 heavy (non-hydrogen) atoms. The van der Waals surface area contributed by atoms with E-state index in [1.165, 1.54) is 18.0 Å². The van der Waals surface area contributed by atoms with E-state index >= 15 is 0 Å². The zero-order valence-electron chi connectivity index (χ0n) is 11.2. The summed E-state index contributed by atoms with van der Waals surface area (Å²) < 4.78 is 36.7. The molecule has 0 unspecified atom stereocenters. The van der Waals surface area contributed by atoms with Crippen LogP contribution in [-0.2, 0) is 0 Å². The highest BCUT2D eigenvalue weighted by atomic mass is 35.5. The van der Waals surface area contributed by atoms with Crippen molar-refractivity contribution in [2.45, 2.75) is 25.9 Å². The molecule has 0 bridgehead atoms. The Morgan fingerprint density at radius 3 is 2.50 bits per heavy atom. The quantitative estimate of drug-likeness (QED) is 0.826. The van der Waals surface area contributed by atoms with Gasteiger partial charge >= 0.3 is 6.18 Å². The molecule has 0 fully saturated rings. The summed E-state index contributed by atoms with van der Waals surface area (Å²) in [4.78, 5) is 5.56. The van der Waals surface area contributed by atoms with Crippen LogP contribution >= 0.6 is 23.2 Å². The van der Waals surface area contributed by atoms with E-state index in [0.717, 1.165) is 6.42 Å². The molecule has 0 saturated carbocycles. The molecule has 114 valence electrons. The number of anilines is 2. The van der Waals surface area contributed by atoms with Gasteiger partial charge in [-0.05, 0) is 12.5 Å². The summed E-state index contributed by atoms with van der Waals surface area (Å²) in [5.74, 6) is 0.700. The molecular formula is C12H16Cl2F3N3. The Balaban J connectivity index is 2.87. The maximum atomic E-state index is 12.2. The summed E-state index contributed by atoms with van der Waals surface area (Å²) in [6, 6.07) is 1.48. The van der Waals surface area contributed by atoms with Gasteiger partial charge in [0, 0.05) is 20.1 Å². The van der Waals surface area contributed by atoms with E-state index in [1.807, 2.05) is 6.92 Å². The predicted molar refractivity (Wildman–Crippen MR) is 77.0 cm³/mol. The molecule has 0 saturated heterocycles. The third-order valence-electron chi connectivity index (χ3n) is 2.55. The number of pyridine rings is 1. The van der Waals surface area contributed by atoms with E-state index in [-0.39, 0.29) is 17.4 Å². The third kappa shape index (κ3) is 5.25. The van der Waals surface area contributed by atoms with Crippen molar-refractivity contribution in [3.8, 4) is 0 Å². The number of nitrogens with zero attached hydrogens (tertiary/aromatic N) is 2. The van der Waals surface area contributed by atoms with Crippen LogP contribution in [0.1, 0.15) is 19.8 Å². The first-order valence-electron chi connectivity index (χ1n) is 6.12. The van der Waals surface area contributed by atoms with E-state index < -0.39 is 12.6 Å². The minimum Gasteiger partial charge on any atom is -0.369 e. The maximum absolute atomic E-state index is 12.2. The van der Waals surface area contributed by atoms with Crippen molar-refractivity contribution in [1.82, 2.24) is 4.98 Å². The van der Waals surface area contributed by atoms with Gasteiger partial charge in [0.2, 0.25) is 0 Å². The van der Waals surface area contributed by atoms with Crippen molar-refractivity contribution < 1.29 is 13.2 Å². The number of hydrogen-bond acceptors (Lipinski definition) is 3. The lowest BCUT2D eigenvalue weighted by Gasteiger charge is -2.21. The second kappa shape index (κ2) is 7.22. The number of alkyl halides is 3. The van der Waals surface area contributed by atoms with Crippen molar-refractivity contribution in [2.75, 3.05) is 30.4 Å². The lowest BCUT2D eigenvalue weighted by Crippen LogP contribution is -2.25. The Morgan fingerprint density at radius 1 is 1.30 bits per heavy atom. The fraction of sp³-hybridized carbons (Fsp3) is 0.583. The largest absolute Gasteiger partial charge is 0.390 e. The normalized spacial score (nSPS) is 11.6. The molecule has 3 nitrogen and oxygen atoms in total. The Bertz CT molecular complexity index is 452. The first-order valence-corrected chi connectivity index (χ1v) is 6.88. The molecule has 1 aromatic rings. The van der Waals surface area contributed by atoms with Crippen LogP contribution in [0.5, 0.6) is 0 Å². The van der Waals surface area contributed by atoms with Crippen molar-refractivity contribution in [3.63, 3.8) is 0 Å². The zero-order valence-corrected chi connectivity index (χ0v) is 12.7. The summed E-state index contributed by atoms with van der Waals surface area (Å²) in [6.07, 6.45) is -4.27. The summed E-state index contributed by atoms with van der Waals surface area (Å²) >= 11 is 12.0. The third-order valence-corrected chi connectivity index (χ3v) is 3.11. The van der Waals surface area contributed by atoms with Gasteiger partial charge in [-0.1, -0.05) is 30.1 Å². The van der Waals surface area contributed by atoms with Crippen LogP contribution < -0.4 is 10.2 Å². The van der Waals surface area contributed by atoms with Gasteiger partial charge < -0.3 is 10.2 Å². The second-order valence-corrected chi connectivity index (χ2v) is 5.15. The molecular weight excluding hydrogens is 314 g/mol. The molecule has 1 heterocycles. The van der Waals surface area contributed by atoms with E-state index in [2.05, 4.69) is 10.3 Å². The topological polar surface area (TPSA) is 28.2 Å². The fourth-order valence-electron chi connectivity index (χ4n) is 1.49. The summed E-state index contributed by atoms with van der Waals surface area (Å²) in [6.45, 7) is 2.43. The van der Waals surface area contributed by atoms with Crippen LogP contribution in [0.2, 0.25) is 10.0 Å². The van der Waals surface area contributed by atoms with Gasteiger partial charge in [-0.15, -0.1) is 0 Å². The number of hydrogen-bond donors (Lipinski definition) is 1. The molecule has 0 aromatic carbocycles. The number of rotatable bonds is 6. The first-order chi connectivity index (χ1) is 9.24. The van der Waals surface area contributed by atoms with Gasteiger partial charge in [0.05, 0.1) is 16.5 Å². The fourth-order valence-corrected chi connectivity index (χ4v) is 2.06. The molecule has 0 amide bonds. The van der Waals surface area contributed by atoms with Crippen molar-refractivity contribution in [1.29, 1.82) is 0 Å². The van der Waals surface area contributed by atoms with Crippen molar-refractivity contribution >= 4 is 34.8 Å². The first kappa shape index (κ1) is 17.2. The number of halogens is 5. The van der Waals surface area contributed by atoms with E-state index in [0.29, 0.717) is 17.4 Å². The molecule has 1 rings (SSSR count). The highest BCUT2D eigenvalue weighted by Gasteiger charge is 2.27. The van der Waals surface area contributed by atoms with Crippen molar-refractivity contribution in [2.24, 2.45) is 0 Å². The van der Waals surface area contributed by atoms with E-state index in [4.69, 9.17) is 23.2 Å². The Morgan fingerprint density at radius 2 is 1.95 bits per heavy atom. The molecule has 0 radical (unpaired) electrons. The molecule has 0 atom stereocenters. The summed E-state index contributed by atoms with van der Waals surface area (Å²) in [5.41, 5.74) is 0. The Labute approximate surface area is 126 Å². The lowest BCUT2D eigenvalue weighted by molar-refractivity contribution is -0.132. The predicted octanol–water partition coefficient (Wildman–Crippen LogP) is 4.60. The highest BCUT2D eigenvalue weighted by molar-refractivity contribution is 6.37. The molecule has 0 aliphatic carbocycles. The molecule has 0 aliphatic heterocycles. The second-order valence-electron chi connectivity index (χ2n) is 4.34. The Kier molecular flexibility index (Phi) is 6.20. The maximum Gasteiger partial charge on any atom is 0.390 e. The molecule has 1 aromatic heterocycles. The minimum absolute atomic E-state index is 0.217. The van der Waals surface area contributed by atoms with Crippen LogP contribution in [0.4, 0.5) is 24.8 Å². The van der Waals surface area contributed by atoms with Crippen LogP contribution in [0.15, 0.2) is 6.07 Å². The number of aromatic nitrogens is 1. The summed E-state index contributed by atoms with van der Waals surface area (Å²) in [7, 11) is 1.51. The molecule has 0 spiro atoms. The molecule has 8 heteroatoms. The average molecular weight is 330 g/mol. The number of nitrogens with one attached hydrogen (secondary N) is 1. The van der Waals surface area contributed by atoms with Gasteiger partial charge in [-0.2, -0.15) is 13.2 Å². The van der Waals surface area contributed by atoms with Crippen molar-refractivity contribution in [3.05, 3.63) is 16.1 Å². The van der Waals surface area contributed by atoms with Gasteiger partial charge in [-0.3, -0.25) is 0 Å². The van der Waals surface area contributed by atoms with Gasteiger partial charge in [0.15, 0.2) is 0 Å². The van der Waals surface area contributed by atoms with Crippen LogP contribution in [-0.4, -0.2) is 31.3 Å². The molecule has 0 aliphatic rings. The van der Waals surface area contributed by atoms with Crippen LogP contribution in [0.25, 0.3) is 0 Å². The van der Waals surface area contributed by atoms with E-state index in [9.17, 15) is 13.2 Å². The van der Waals surface area contributed by atoms with E-state index in [1.54, 1.807) is 0 Å². The monoisotopic (exact) mass is 329 g/mol. The van der Waals surface area contributed by atoms with Crippen LogP contribution in [0.3, 0.4) is 0 Å². The highest BCUT2D eigenvalue weighted by Crippen LogP contribution is 2.31. The van der Waals surface area contributed by atoms with Gasteiger partial charge in [0.25, 0.3) is 0 Å². The zero-order chi connectivity index (χ0) is 15.3. The van der Waals surface area contributed by atoms with Crippen LogP contribution in [0, 0.1) is 0 Å². The van der Waals surface area contributed by atoms with Gasteiger partial charge in [0.1, 0.15) is 11.6 Å².